The fourth-order valence-corrected chi connectivity index (χ4v) is 1.44. The van der Waals surface area contributed by atoms with E-state index in [-0.39, 0.29) is 12.2 Å². The fraction of sp³-hybridized carbons (Fsp3) is 0.571. The molecule has 0 aromatic heterocycles. The first kappa shape index (κ1) is 14.0. The standard InChI is InChI=1S/C14H21O3/c1-11-7-12(10-15)9-13(8-11)17-6-5-14(2,3)16-4/h8-9,15H,5-6,10H2,1-4H3. The number of ether oxygens (including phenoxy) is 2. The molecular formula is C14H21O3. The minimum Gasteiger partial charge on any atom is -0.493 e. The van der Waals surface area contributed by atoms with Gasteiger partial charge in [-0.2, -0.15) is 0 Å². The molecule has 0 fully saturated rings. The van der Waals surface area contributed by atoms with Gasteiger partial charge in [0.25, 0.3) is 0 Å². The second-order valence-corrected chi connectivity index (χ2v) is 4.74. The number of rotatable bonds is 6. The topological polar surface area (TPSA) is 38.7 Å². The van der Waals surface area contributed by atoms with Crippen LogP contribution in [0.5, 0.6) is 5.75 Å². The lowest BCUT2D eigenvalue weighted by molar-refractivity contribution is 0.00544. The van der Waals surface area contributed by atoms with E-state index in [0.717, 1.165) is 23.3 Å². The molecule has 1 N–H and O–H groups in total. The smallest absolute Gasteiger partial charge is 0.119 e. The molecule has 0 bridgehead atoms. The van der Waals surface area contributed by atoms with Crippen LogP contribution in [0.25, 0.3) is 0 Å². The Morgan fingerprint density at radius 1 is 1.35 bits per heavy atom. The van der Waals surface area contributed by atoms with Crippen LogP contribution in [0.4, 0.5) is 0 Å². The molecule has 0 saturated heterocycles. The molecule has 0 aliphatic heterocycles. The number of hydrogen-bond donors (Lipinski definition) is 1. The highest BCUT2D eigenvalue weighted by Gasteiger charge is 2.16. The minimum absolute atomic E-state index is 0.0123. The summed E-state index contributed by atoms with van der Waals surface area (Å²) in [4.78, 5) is 0. The van der Waals surface area contributed by atoms with Crippen molar-refractivity contribution in [2.24, 2.45) is 0 Å². The maximum atomic E-state index is 9.07. The SMILES string of the molecule is COC(C)(C)CCOc1cc(C)[c]c(CO)c1. The van der Waals surface area contributed by atoms with E-state index in [9.17, 15) is 0 Å². The molecule has 0 atom stereocenters. The molecule has 0 spiro atoms. The lowest BCUT2D eigenvalue weighted by Gasteiger charge is -2.22. The fourth-order valence-electron chi connectivity index (χ4n) is 1.44. The summed E-state index contributed by atoms with van der Waals surface area (Å²) in [6.45, 7) is 6.57. The number of aliphatic hydroxyl groups is 1. The third-order valence-electron chi connectivity index (χ3n) is 2.73. The van der Waals surface area contributed by atoms with Crippen molar-refractivity contribution >= 4 is 0 Å². The summed E-state index contributed by atoms with van der Waals surface area (Å²) in [6, 6.07) is 6.79. The van der Waals surface area contributed by atoms with Crippen LogP contribution in [-0.2, 0) is 11.3 Å². The van der Waals surface area contributed by atoms with Gasteiger partial charge in [0.15, 0.2) is 0 Å². The van der Waals surface area contributed by atoms with E-state index in [0.29, 0.717) is 6.61 Å². The first-order valence-corrected chi connectivity index (χ1v) is 5.78. The Morgan fingerprint density at radius 2 is 2.06 bits per heavy atom. The van der Waals surface area contributed by atoms with E-state index >= 15 is 0 Å². The predicted octanol–water partition coefficient (Wildman–Crippen LogP) is 2.48. The van der Waals surface area contributed by atoms with Crippen molar-refractivity contribution < 1.29 is 14.6 Å². The lowest BCUT2D eigenvalue weighted by Crippen LogP contribution is -2.25. The van der Waals surface area contributed by atoms with Crippen molar-refractivity contribution in [3.63, 3.8) is 0 Å². The van der Waals surface area contributed by atoms with Gasteiger partial charge in [0.2, 0.25) is 0 Å². The van der Waals surface area contributed by atoms with Crippen LogP contribution in [0.2, 0.25) is 0 Å². The summed E-state index contributed by atoms with van der Waals surface area (Å²) in [5.74, 6) is 0.775. The average Bonchev–Trinajstić information content (AvgIpc) is 2.28. The summed E-state index contributed by atoms with van der Waals surface area (Å²) in [7, 11) is 1.70. The maximum absolute atomic E-state index is 9.07. The van der Waals surface area contributed by atoms with Gasteiger partial charge in [0, 0.05) is 13.5 Å². The highest BCUT2D eigenvalue weighted by molar-refractivity contribution is 5.32. The van der Waals surface area contributed by atoms with Gasteiger partial charge in [-0.15, -0.1) is 0 Å². The van der Waals surface area contributed by atoms with Crippen LogP contribution in [-0.4, -0.2) is 24.4 Å². The van der Waals surface area contributed by atoms with Gasteiger partial charge < -0.3 is 14.6 Å². The number of benzene rings is 1. The highest BCUT2D eigenvalue weighted by atomic mass is 16.5. The number of aliphatic hydroxyl groups excluding tert-OH is 1. The van der Waals surface area contributed by atoms with E-state index in [1.807, 2.05) is 32.9 Å². The summed E-state index contributed by atoms with van der Waals surface area (Å²) in [6.07, 6.45) is 0.815. The minimum atomic E-state index is -0.171. The number of methoxy groups -OCH3 is 1. The van der Waals surface area contributed by atoms with Crippen LogP contribution in [0.3, 0.4) is 0 Å². The molecule has 1 aromatic rings. The number of hydrogen-bond acceptors (Lipinski definition) is 3. The number of aryl methyl sites for hydroxylation is 1. The molecule has 0 amide bonds. The first-order valence-electron chi connectivity index (χ1n) is 5.78. The summed E-state index contributed by atoms with van der Waals surface area (Å²) in [5, 5.41) is 9.07. The van der Waals surface area contributed by atoms with Crippen LogP contribution in [0.15, 0.2) is 12.1 Å². The van der Waals surface area contributed by atoms with Crippen molar-refractivity contribution in [2.75, 3.05) is 13.7 Å². The molecule has 0 heterocycles. The zero-order chi connectivity index (χ0) is 12.9. The molecule has 0 aliphatic rings. The van der Waals surface area contributed by atoms with E-state index in [2.05, 4.69) is 6.07 Å². The molecular weight excluding hydrogens is 216 g/mol. The van der Waals surface area contributed by atoms with Crippen molar-refractivity contribution in [2.45, 2.75) is 39.4 Å². The molecule has 1 radical (unpaired) electrons. The monoisotopic (exact) mass is 237 g/mol. The van der Waals surface area contributed by atoms with Crippen molar-refractivity contribution in [1.82, 2.24) is 0 Å². The molecule has 3 nitrogen and oxygen atoms in total. The molecule has 0 saturated carbocycles. The Bertz CT molecular complexity index is 358. The second kappa shape index (κ2) is 6.03. The Hall–Kier alpha value is -1.06. The summed E-state index contributed by atoms with van der Waals surface area (Å²) >= 11 is 0. The van der Waals surface area contributed by atoms with Gasteiger partial charge >= 0.3 is 0 Å². The van der Waals surface area contributed by atoms with Crippen LogP contribution >= 0.6 is 0 Å². The normalized spacial score (nSPS) is 11.6. The average molecular weight is 237 g/mol. The van der Waals surface area contributed by atoms with E-state index < -0.39 is 0 Å². The Balaban J connectivity index is 2.55. The zero-order valence-corrected chi connectivity index (χ0v) is 11.0. The third-order valence-corrected chi connectivity index (χ3v) is 2.73. The molecule has 0 unspecified atom stereocenters. The van der Waals surface area contributed by atoms with Crippen molar-refractivity contribution in [3.8, 4) is 5.75 Å². The molecule has 1 aromatic carbocycles. The zero-order valence-electron chi connectivity index (χ0n) is 11.0. The molecule has 17 heavy (non-hydrogen) atoms. The van der Waals surface area contributed by atoms with Crippen molar-refractivity contribution in [3.05, 3.63) is 29.3 Å². The molecule has 95 valence electrons. The highest BCUT2D eigenvalue weighted by Crippen LogP contribution is 2.18. The lowest BCUT2D eigenvalue weighted by atomic mass is 10.1. The van der Waals surface area contributed by atoms with E-state index in [4.69, 9.17) is 14.6 Å². The van der Waals surface area contributed by atoms with Gasteiger partial charge in [-0.3, -0.25) is 0 Å². The predicted molar refractivity (Wildman–Crippen MR) is 67.1 cm³/mol. The van der Waals surface area contributed by atoms with Gasteiger partial charge in [-0.25, -0.2) is 0 Å². The van der Waals surface area contributed by atoms with Crippen LogP contribution < -0.4 is 4.74 Å². The van der Waals surface area contributed by atoms with Gasteiger partial charge in [-0.1, -0.05) is 0 Å². The third kappa shape index (κ3) is 4.75. The second-order valence-electron chi connectivity index (χ2n) is 4.74. The Morgan fingerprint density at radius 3 is 2.65 bits per heavy atom. The first-order chi connectivity index (χ1) is 7.96. The van der Waals surface area contributed by atoms with Crippen LogP contribution in [0, 0.1) is 13.0 Å². The summed E-state index contributed by atoms with van der Waals surface area (Å²) < 4.78 is 11.0. The van der Waals surface area contributed by atoms with E-state index in [1.165, 1.54) is 0 Å². The summed E-state index contributed by atoms with van der Waals surface area (Å²) in [5.41, 5.74) is 1.55. The molecule has 3 heteroatoms. The Kier molecular flexibility index (Phi) is 4.97. The van der Waals surface area contributed by atoms with Gasteiger partial charge in [0.1, 0.15) is 5.75 Å². The van der Waals surface area contributed by atoms with Crippen LogP contribution in [0.1, 0.15) is 31.4 Å². The quantitative estimate of drug-likeness (QED) is 0.826. The Labute approximate surface area is 103 Å². The van der Waals surface area contributed by atoms with Gasteiger partial charge in [0.05, 0.1) is 18.8 Å². The van der Waals surface area contributed by atoms with Gasteiger partial charge in [-0.05, 0) is 50.1 Å². The maximum Gasteiger partial charge on any atom is 0.119 e. The van der Waals surface area contributed by atoms with Crippen molar-refractivity contribution in [1.29, 1.82) is 0 Å². The molecule has 0 aliphatic carbocycles. The molecule has 1 rings (SSSR count). The largest absolute Gasteiger partial charge is 0.493 e. The van der Waals surface area contributed by atoms with E-state index in [1.54, 1.807) is 7.11 Å².